The van der Waals surface area contributed by atoms with E-state index in [1.54, 1.807) is 11.3 Å². The molecule has 5 nitrogen and oxygen atoms in total. The van der Waals surface area contributed by atoms with Gasteiger partial charge in [-0.3, -0.25) is 4.79 Å². The number of hydrogen-bond donors (Lipinski definition) is 1. The van der Waals surface area contributed by atoms with Gasteiger partial charge < -0.3 is 15.1 Å². The van der Waals surface area contributed by atoms with Gasteiger partial charge >= 0.3 is 0 Å². The first-order valence-corrected chi connectivity index (χ1v) is 13.0. The maximum absolute atomic E-state index is 12.9. The van der Waals surface area contributed by atoms with Gasteiger partial charge in [0.05, 0.1) is 16.1 Å². The van der Waals surface area contributed by atoms with Crippen LogP contribution in [0.5, 0.6) is 0 Å². The van der Waals surface area contributed by atoms with E-state index < -0.39 is 0 Å². The van der Waals surface area contributed by atoms with Crippen LogP contribution in [-0.4, -0.2) is 43.6 Å². The van der Waals surface area contributed by atoms with Gasteiger partial charge in [-0.25, -0.2) is 4.98 Å². The molecule has 0 spiro atoms. The molecule has 0 saturated carbocycles. The van der Waals surface area contributed by atoms with Crippen LogP contribution in [-0.2, 0) is 4.79 Å². The van der Waals surface area contributed by atoms with E-state index in [1.807, 2.05) is 0 Å². The highest BCUT2D eigenvalue weighted by Gasteiger charge is 2.27. The standard InChI is InChI=1S/C27H36N4OS/c1-5-30(23-11-6-9-19(2)16-23)14-8-12-28-26(32)22-10-7-13-31(18-22)27-29-25-21(4)15-20(3)17-24(25)33-27/h6,9,11,15-17,22H,5,7-8,10,12-14,18H2,1-4H3,(H,28,32)/t22-/m1/s1. The SMILES string of the molecule is CCN(CCCNC(=O)[C@@H]1CCCN(c2nc3c(C)cc(C)cc3s2)C1)c1cccc(C)c1. The van der Waals surface area contributed by atoms with E-state index in [4.69, 9.17) is 4.98 Å². The molecule has 1 fully saturated rings. The van der Waals surface area contributed by atoms with Gasteiger partial charge in [0.1, 0.15) is 0 Å². The maximum atomic E-state index is 12.9. The Bertz CT molecular complexity index is 1110. The monoisotopic (exact) mass is 464 g/mol. The minimum atomic E-state index is 0.0349. The smallest absolute Gasteiger partial charge is 0.224 e. The Morgan fingerprint density at radius 3 is 2.85 bits per heavy atom. The lowest BCUT2D eigenvalue weighted by Crippen LogP contribution is -2.43. The Labute approximate surface area is 201 Å². The van der Waals surface area contributed by atoms with Crippen LogP contribution in [0.15, 0.2) is 36.4 Å². The first-order chi connectivity index (χ1) is 15.9. The third kappa shape index (κ3) is 5.67. The first-order valence-electron chi connectivity index (χ1n) is 12.2. The number of carbonyl (C=O) groups excluding carboxylic acids is 1. The summed E-state index contributed by atoms with van der Waals surface area (Å²) in [5, 5.41) is 4.25. The predicted octanol–water partition coefficient (Wildman–Crippen LogP) is 5.47. The zero-order valence-corrected chi connectivity index (χ0v) is 21.2. The number of hydrogen-bond acceptors (Lipinski definition) is 5. The van der Waals surface area contributed by atoms with Crippen LogP contribution in [0.1, 0.15) is 42.9 Å². The van der Waals surface area contributed by atoms with Crippen LogP contribution in [0.25, 0.3) is 10.2 Å². The number of rotatable bonds is 8. The summed E-state index contributed by atoms with van der Waals surface area (Å²) in [5.41, 5.74) is 6.13. The van der Waals surface area contributed by atoms with Crippen LogP contribution in [0, 0.1) is 26.7 Å². The number of piperidine rings is 1. The summed E-state index contributed by atoms with van der Waals surface area (Å²) in [6.07, 6.45) is 2.93. The molecule has 0 aliphatic carbocycles. The van der Waals surface area contributed by atoms with Crippen molar-refractivity contribution in [2.75, 3.05) is 42.5 Å². The fraction of sp³-hybridized carbons (Fsp3) is 0.481. The Balaban J connectivity index is 1.29. The van der Waals surface area contributed by atoms with Crippen molar-refractivity contribution in [2.45, 2.75) is 47.0 Å². The summed E-state index contributed by atoms with van der Waals surface area (Å²) in [6, 6.07) is 13.0. The van der Waals surface area contributed by atoms with E-state index in [0.29, 0.717) is 0 Å². The van der Waals surface area contributed by atoms with Crippen molar-refractivity contribution in [2.24, 2.45) is 5.92 Å². The molecule has 1 N–H and O–H groups in total. The van der Waals surface area contributed by atoms with E-state index in [2.05, 4.69) is 79.2 Å². The van der Waals surface area contributed by atoms with Crippen molar-refractivity contribution in [3.8, 4) is 0 Å². The zero-order valence-electron chi connectivity index (χ0n) is 20.4. The van der Waals surface area contributed by atoms with Gasteiger partial charge in [-0.05, 0) is 81.8 Å². The zero-order chi connectivity index (χ0) is 23.4. The Morgan fingerprint density at radius 2 is 2.06 bits per heavy atom. The minimum absolute atomic E-state index is 0.0349. The van der Waals surface area contributed by atoms with E-state index in [-0.39, 0.29) is 11.8 Å². The molecule has 176 valence electrons. The molecule has 1 aliphatic rings. The van der Waals surface area contributed by atoms with Crippen LogP contribution < -0.4 is 15.1 Å². The largest absolute Gasteiger partial charge is 0.372 e. The van der Waals surface area contributed by atoms with Crippen molar-refractivity contribution in [1.29, 1.82) is 0 Å². The predicted molar refractivity (Wildman–Crippen MR) is 141 cm³/mol. The number of anilines is 2. The molecule has 3 aromatic rings. The van der Waals surface area contributed by atoms with Crippen LogP contribution in [0.2, 0.25) is 0 Å². The molecule has 0 unspecified atom stereocenters. The minimum Gasteiger partial charge on any atom is -0.372 e. The number of benzene rings is 2. The van der Waals surface area contributed by atoms with Crippen molar-refractivity contribution < 1.29 is 4.79 Å². The molecule has 1 amide bonds. The van der Waals surface area contributed by atoms with Crippen molar-refractivity contribution in [3.63, 3.8) is 0 Å². The maximum Gasteiger partial charge on any atom is 0.224 e. The first kappa shape index (κ1) is 23.6. The number of fused-ring (bicyclic) bond motifs is 1. The molecule has 1 aliphatic heterocycles. The lowest BCUT2D eigenvalue weighted by molar-refractivity contribution is -0.125. The third-order valence-corrected chi connectivity index (χ3v) is 7.60. The fourth-order valence-electron chi connectivity index (χ4n) is 4.78. The number of thiazole rings is 1. The average molecular weight is 465 g/mol. The fourth-order valence-corrected chi connectivity index (χ4v) is 5.96. The van der Waals surface area contributed by atoms with Gasteiger partial charge in [0.15, 0.2) is 5.13 Å². The van der Waals surface area contributed by atoms with Crippen LogP contribution in [0.4, 0.5) is 10.8 Å². The third-order valence-electron chi connectivity index (χ3n) is 6.53. The molecule has 1 atom stereocenters. The lowest BCUT2D eigenvalue weighted by Gasteiger charge is -2.31. The Morgan fingerprint density at radius 1 is 1.21 bits per heavy atom. The quantitative estimate of drug-likeness (QED) is 0.449. The van der Waals surface area contributed by atoms with Crippen molar-refractivity contribution >= 4 is 38.3 Å². The molecule has 2 aromatic carbocycles. The number of aryl methyl sites for hydroxylation is 3. The van der Waals surface area contributed by atoms with Gasteiger partial charge in [0, 0.05) is 38.4 Å². The second-order valence-corrected chi connectivity index (χ2v) is 10.3. The molecular formula is C27H36N4OS. The molecule has 4 rings (SSSR count). The van der Waals surface area contributed by atoms with E-state index in [1.165, 1.54) is 27.1 Å². The summed E-state index contributed by atoms with van der Waals surface area (Å²) in [4.78, 5) is 22.5. The van der Waals surface area contributed by atoms with Crippen LogP contribution >= 0.6 is 11.3 Å². The van der Waals surface area contributed by atoms with Crippen molar-refractivity contribution in [3.05, 3.63) is 53.1 Å². The van der Waals surface area contributed by atoms with Crippen molar-refractivity contribution in [1.82, 2.24) is 10.3 Å². The van der Waals surface area contributed by atoms with Crippen LogP contribution in [0.3, 0.4) is 0 Å². The van der Waals surface area contributed by atoms with Gasteiger partial charge in [-0.2, -0.15) is 0 Å². The molecule has 2 heterocycles. The van der Waals surface area contributed by atoms with E-state index >= 15 is 0 Å². The number of nitrogens with one attached hydrogen (secondary N) is 1. The van der Waals surface area contributed by atoms with E-state index in [9.17, 15) is 4.79 Å². The second kappa shape index (κ2) is 10.6. The number of aromatic nitrogens is 1. The summed E-state index contributed by atoms with van der Waals surface area (Å²) in [6.45, 7) is 12.9. The summed E-state index contributed by atoms with van der Waals surface area (Å²) < 4.78 is 1.24. The summed E-state index contributed by atoms with van der Waals surface area (Å²) in [5.74, 6) is 0.221. The number of nitrogens with zero attached hydrogens (tertiary/aromatic N) is 3. The summed E-state index contributed by atoms with van der Waals surface area (Å²) >= 11 is 1.75. The number of carbonyl (C=O) groups is 1. The highest BCUT2D eigenvalue weighted by molar-refractivity contribution is 7.22. The lowest BCUT2D eigenvalue weighted by atomic mass is 9.97. The molecule has 1 aromatic heterocycles. The van der Waals surface area contributed by atoms with E-state index in [0.717, 1.165) is 62.6 Å². The Hall–Kier alpha value is -2.60. The highest BCUT2D eigenvalue weighted by atomic mass is 32.1. The molecule has 33 heavy (non-hydrogen) atoms. The molecule has 0 radical (unpaired) electrons. The molecular weight excluding hydrogens is 428 g/mol. The Kier molecular flexibility index (Phi) is 7.53. The second-order valence-electron chi connectivity index (χ2n) is 9.27. The summed E-state index contributed by atoms with van der Waals surface area (Å²) in [7, 11) is 0. The number of amides is 1. The molecule has 1 saturated heterocycles. The van der Waals surface area contributed by atoms with Gasteiger partial charge in [-0.15, -0.1) is 0 Å². The highest BCUT2D eigenvalue weighted by Crippen LogP contribution is 2.33. The van der Waals surface area contributed by atoms with Gasteiger partial charge in [0.2, 0.25) is 5.91 Å². The molecule has 0 bridgehead atoms. The topological polar surface area (TPSA) is 48.5 Å². The van der Waals surface area contributed by atoms with Gasteiger partial charge in [0.25, 0.3) is 0 Å². The molecule has 6 heteroatoms. The average Bonchev–Trinajstić information content (AvgIpc) is 3.23. The van der Waals surface area contributed by atoms with Gasteiger partial charge in [-0.1, -0.05) is 29.5 Å². The normalized spacial score (nSPS) is 16.2.